The van der Waals surface area contributed by atoms with Crippen molar-refractivity contribution in [3.63, 3.8) is 0 Å². The SMILES string of the molecule is COc1ccc(CN(C(=O)CC(O)c2cccc(F)c2)C2CC2)cc1. The Morgan fingerprint density at radius 1 is 1.28 bits per heavy atom. The van der Waals surface area contributed by atoms with Crippen LogP contribution in [0.25, 0.3) is 0 Å². The normalized spacial score (nSPS) is 14.8. The number of amides is 1. The summed E-state index contributed by atoms with van der Waals surface area (Å²) in [6.45, 7) is 0.503. The lowest BCUT2D eigenvalue weighted by Gasteiger charge is -2.24. The number of aliphatic hydroxyl groups is 1. The van der Waals surface area contributed by atoms with E-state index in [0.717, 1.165) is 24.2 Å². The van der Waals surface area contributed by atoms with Gasteiger partial charge in [-0.15, -0.1) is 0 Å². The van der Waals surface area contributed by atoms with E-state index in [2.05, 4.69) is 0 Å². The largest absolute Gasteiger partial charge is 0.497 e. The number of halogens is 1. The van der Waals surface area contributed by atoms with Crippen molar-refractivity contribution in [1.82, 2.24) is 4.90 Å². The molecule has 0 heterocycles. The molecule has 0 bridgehead atoms. The lowest BCUT2D eigenvalue weighted by Crippen LogP contribution is -2.33. The number of ether oxygens (including phenoxy) is 1. The van der Waals surface area contributed by atoms with Crippen LogP contribution in [0.3, 0.4) is 0 Å². The Labute approximate surface area is 146 Å². The minimum atomic E-state index is -1.000. The second-order valence-corrected chi connectivity index (χ2v) is 6.38. The van der Waals surface area contributed by atoms with Crippen LogP contribution < -0.4 is 4.74 Å². The standard InChI is InChI=1S/C20H22FNO3/c1-25-18-9-5-14(6-10-18)13-22(17-7-8-17)20(24)12-19(23)15-3-2-4-16(21)11-15/h2-6,9-11,17,19,23H,7-8,12-13H2,1H3. The molecule has 1 saturated carbocycles. The van der Waals surface area contributed by atoms with Gasteiger partial charge in [0.15, 0.2) is 0 Å². The van der Waals surface area contributed by atoms with Crippen LogP contribution in [0.2, 0.25) is 0 Å². The van der Waals surface area contributed by atoms with Gasteiger partial charge in [0.1, 0.15) is 11.6 Å². The minimum Gasteiger partial charge on any atom is -0.497 e. The molecule has 1 N–H and O–H groups in total. The summed E-state index contributed by atoms with van der Waals surface area (Å²) in [4.78, 5) is 14.5. The Morgan fingerprint density at radius 3 is 2.60 bits per heavy atom. The Bertz CT molecular complexity index is 728. The van der Waals surface area contributed by atoms with Crippen molar-refractivity contribution >= 4 is 5.91 Å². The van der Waals surface area contributed by atoms with Crippen molar-refractivity contribution in [2.75, 3.05) is 7.11 Å². The maximum Gasteiger partial charge on any atom is 0.226 e. The summed E-state index contributed by atoms with van der Waals surface area (Å²) in [6.07, 6.45) is 0.923. The molecule has 1 aliphatic rings. The molecule has 0 radical (unpaired) electrons. The summed E-state index contributed by atoms with van der Waals surface area (Å²) < 4.78 is 18.4. The smallest absolute Gasteiger partial charge is 0.226 e. The quantitative estimate of drug-likeness (QED) is 0.838. The summed E-state index contributed by atoms with van der Waals surface area (Å²) in [5, 5.41) is 10.3. The highest BCUT2D eigenvalue weighted by Crippen LogP contribution is 2.30. The zero-order chi connectivity index (χ0) is 17.8. The van der Waals surface area contributed by atoms with Crippen molar-refractivity contribution in [2.45, 2.75) is 38.0 Å². The predicted octanol–water partition coefficient (Wildman–Crippen LogP) is 3.45. The van der Waals surface area contributed by atoms with Gasteiger partial charge >= 0.3 is 0 Å². The monoisotopic (exact) mass is 343 g/mol. The fraction of sp³-hybridized carbons (Fsp3) is 0.350. The minimum absolute atomic E-state index is 0.0455. The second-order valence-electron chi connectivity index (χ2n) is 6.38. The molecular formula is C20H22FNO3. The fourth-order valence-corrected chi connectivity index (χ4v) is 2.85. The van der Waals surface area contributed by atoms with Crippen LogP contribution in [0, 0.1) is 5.82 Å². The maximum atomic E-state index is 13.3. The molecule has 3 rings (SSSR count). The molecule has 1 amide bonds. The first kappa shape index (κ1) is 17.4. The Hall–Kier alpha value is -2.40. The van der Waals surface area contributed by atoms with E-state index in [-0.39, 0.29) is 18.4 Å². The molecule has 5 heteroatoms. The molecule has 1 atom stereocenters. The van der Waals surface area contributed by atoms with Gasteiger partial charge in [-0.1, -0.05) is 24.3 Å². The summed E-state index contributed by atoms with van der Waals surface area (Å²) in [7, 11) is 1.61. The highest BCUT2D eigenvalue weighted by molar-refractivity contribution is 5.77. The molecule has 1 fully saturated rings. The fourth-order valence-electron chi connectivity index (χ4n) is 2.85. The molecule has 132 valence electrons. The van der Waals surface area contributed by atoms with E-state index in [4.69, 9.17) is 4.74 Å². The third kappa shape index (κ3) is 4.57. The predicted molar refractivity (Wildman–Crippen MR) is 92.5 cm³/mol. The number of hydrogen-bond acceptors (Lipinski definition) is 3. The summed E-state index contributed by atoms with van der Waals surface area (Å²) in [5.41, 5.74) is 1.44. The lowest BCUT2D eigenvalue weighted by atomic mass is 10.1. The number of carbonyl (C=O) groups is 1. The van der Waals surface area contributed by atoms with Crippen LogP contribution in [0.5, 0.6) is 5.75 Å². The van der Waals surface area contributed by atoms with Gasteiger partial charge in [-0.05, 0) is 48.2 Å². The average molecular weight is 343 g/mol. The lowest BCUT2D eigenvalue weighted by molar-refractivity contribution is -0.134. The van der Waals surface area contributed by atoms with Crippen LogP contribution in [0.4, 0.5) is 4.39 Å². The highest BCUT2D eigenvalue weighted by Gasteiger charge is 2.33. The number of benzene rings is 2. The van der Waals surface area contributed by atoms with Crippen LogP contribution in [-0.2, 0) is 11.3 Å². The van der Waals surface area contributed by atoms with Crippen LogP contribution in [0.15, 0.2) is 48.5 Å². The molecular weight excluding hydrogens is 321 g/mol. The molecule has 2 aromatic rings. The van der Waals surface area contributed by atoms with Gasteiger partial charge in [-0.3, -0.25) is 4.79 Å². The van der Waals surface area contributed by atoms with Crippen LogP contribution in [0.1, 0.15) is 36.5 Å². The number of methoxy groups -OCH3 is 1. The third-order valence-corrected chi connectivity index (χ3v) is 4.42. The van der Waals surface area contributed by atoms with Gasteiger partial charge < -0.3 is 14.7 Å². The third-order valence-electron chi connectivity index (χ3n) is 4.42. The zero-order valence-corrected chi connectivity index (χ0v) is 14.2. The molecule has 2 aromatic carbocycles. The van der Waals surface area contributed by atoms with Gasteiger partial charge in [0.25, 0.3) is 0 Å². The van der Waals surface area contributed by atoms with E-state index in [1.807, 2.05) is 29.2 Å². The average Bonchev–Trinajstić information content (AvgIpc) is 3.45. The maximum absolute atomic E-state index is 13.3. The van der Waals surface area contributed by atoms with E-state index in [1.165, 1.54) is 18.2 Å². The van der Waals surface area contributed by atoms with E-state index in [9.17, 15) is 14.3 Å². The molecule has 1 unspecified atom stereocenters. The Kier molecular flexibility index (Phi) is 5.34. The van der Waals surface area contributed by atoms with Gasteiger partial charge in [-0.2, -0.15) is 0 Å². The molecule has 0 aromatic heterocycles. The van der Waals surface area contributed by atoms with E-state index in [0.29, 0.717) is 12.1 Å². The molecule has 1 aliphatic carbocycles. The number of carbonyl (C=O) groups excluding carboxylic acids is 1. The van der Waals surface area contributed by atoms with Gasteiger partial charge in [0.2, 0.25) is 5.91 Å². The van der Waals surface area contributed by atoms with Crippen molar-refractivity contribution in [2.24, 2.45) is 0 Å². The molecule has 0 saturated heterocycles. The molecule has 25 heavy (non-hydrogen) atoms. The number of nitrogens with zero attached hydrogens (tertiary/aromatic N) is 1. The zero-order valence-electron chi connectivity index (χ0n) is 14.2. The van der Waals surface area contributed by atoms with Gasteiger partial charge in [-0.25, -0.2) is 4.39 Å². The van der Waals surface area contributed by atoms with Crippen molar-refractivity contribution in [3.05, 3.63) is 65.5 Å². The first-order chi connectivity index (χ1) is 12.1. The number of hydrogen-bond donors (Lipinski definition) is 1. The number of aliphatic hydroxyl groups excluding tert-OH is 1. The van der Waals surface area contributed by atoms with E-state index >= 15 is 0 Å². The molecule has 4 nitrogen and oxygen atoms in total. The first-order valence-corrected chi connectivity index (χ1v) is 8.42. The van der Waals surface area contributed by atoms with Crippen LogP contribution >= 0.6 is 0 Å². The summed E-state index contributed by atoms with van der Waals surface area (Å²) in [6, 6.07) is 13.6. The molecule has 0 aliphatic heterocycles. The molecule has 0 spiro atoms. The first-order valence-electron chi connectivity index (χ1n) is 8.42. The highest BCUT2D eigenvalue weighted by atomic mass is 19.1. The Morgan fingerprint density at radius 2 is 2.00 bits per heavy atom. The summed E-state index contributed by atoms with van der Waals surface area (Å²) in [5.74, 6) is 0.242. The second kappa shape index (κ2) is 7.66. The van der Waals surface area contributed by atoms with Gasteiger partial charge in [0.05, 0.1) is 19.6 Å². The van der Waals surface area contributed by atoms with Crippen LogP contribution in [-0.4, -0.2) is 29.1 Å². The topological polar surface area (TPSA) is 49.8 Å². The summed E-state index contributed by atoms with van der Waals surface area (Å²) >= 11 is 0. The van der Waals surface area contributed by atoms with Crippen molar-refractivity contribution < 1.29 is 19.0 Å². The van der Waals surface area contributed by atoms with E-state index in [1.54, 1.807) is 13.2 Å². The van der Waals surface area contributed by atoms with E-state index < -0.39 is 11.9 Å². The van der Waals surface area contributed by atoms with Gasteiger partial charge in [0, 0.05) is 12.6 Å². The van der Waals surface area contributed by atoms with Crippen molar-refractivity contribution in [1.29, 1.82) is 0 Å². The number of rotatable bonds is 7. The Balaban J connectivity index is 1.66. The van der Waals surface area contributed by atoms with Crippen molar-refractivity contribution in [3.8, 4) is 5.75 Å².